The maximum Gasteiger partial charge on any atom is 0.283 e. The van der Waals surface area contributed by atoms with Crippen molar-refractivity contribution >= 4 is 33.0 Å². The minimum atomic E-state index is -0.433. The van der Waals surface area contributed by atoms with E-state index in [1.807, 2.05) is 0 Å². The molecule has 0 saturated carbocycles. The predicted octanol–water partition coefficient (Wildman–Crippen LogP) is 2.43. The van der Waals surface area contributed by atoms with Crippen molar-refractivity contribution in [2.75, 3.05) is 11.9 Å². The minimum Gasteiger partial charge on any atom is -0.483 e. The fourth-order valence-electron chi connectivity index (χ4n) is 0.618. The number of rotatable bonds is 4. The van der Waals surface area contributed by atoms with Gasteiger partial charge in [-0.25, -0.2) is 0 Å². The highest BCUT2D eigenvalue weighted by Crippen LogP contribution is 2.27. The summed E-state index contributed by atoms with van der Waals surface area (Å²) in [5.74, 6) is 0. The van der Waals surface area contributed by atoms with Crippen LogP contribution in [-0.2, 0) is 0 Å². The molecule has 4 nitrogen and oxygen atoms in total. The van der Waals surface area contributed by atoms with Crippen molar-refractivity contribution < 1.29 is 9.66 Å². The summed E-state index contributed by atoms with van der Waals surface area (Å²) in [6.07, 6.45) is 0. The zero-order valence-corrected chi connectivity index (χ0v) is 8.43. The van der Waals surface area contributed by atoms with Crippen molar-refractivity contribution in [3.05, 3.63) is 21.6 Å². The summed E-state index contributed by atoms with van der Waals surface area (Å²) in [6.45, 7) is 0.525. The maximum absolute atomic E-state index is 10.2. The van der Waals surface area contributed by atoms with E-state index in [4.69, 9.17) is 4.74 Å². The molecule has 1 aromatic rings. The first-order chi connectivity index (χ1) is 5.74. The fourth-order valence-corrected chi connectivity index (χ4v) is 1.51. The summed E-state index contributed by atoms with van der Waals surface area (Å²) in [6, 6.07) is 1.42. The molecule has 0 aliphatic carbocycles. The number of alkyl halides is 1. The van der Waals surface area contributed by atoms with Crippen molar-refractivity contribution in [3.8, 4) is 5.06 Å². The standard InChI is InChI=1S/C6H6BrNO3S/c7-1-2-11-6-3-5(4-12-6)8(9)10/h3-4H,1-2H2. The van der Waals surface area contributed by atoms with Gasteiger partial charge in [0.25, 0.3) is 5.69 Å². The Morgan fingerprint density at radius 1 is 1.75 bits per heavy atom. The SMILES string of the molecule is O=[N+]([O-])c1csc(OCCBr)c1. The van der Waals surface area contributed by atoms with E-state index in [1.54, 1.807) is 0 Å². The summed E-state index contributed by atoms with van der Waals surface area (Å²) in [7, 11) is 0. The van der Waals surface area contributed by atoms with E-state index in [0.717, 1.165) is 5.33 Å². The lowest BCUT2D eigenvalue weighted by Crippen LogP contribution is -1.95. The van der Waals surface area contributed by atoms with Crippen LogP contribution in [0.5, 0.6) is 5.06 Å². The van der Waals surface area contributed by atoms with Crippen molar-refractivity contribution in [1.29, 1.82) is 0 Å². The number of hydrogen-bond donors (Lipinski definition) is 0. The monoisotopic (exact) mass is 251 g/mol. The zero-order valence-electron chi connectivity index (χ0n) is 6.03. The van der Waals surface area contributed by atoms with Gasteiger partial charge in [-0.2, -0.15) is 0 Å². The van der Waals surface area contributed by atoms with Crippen LogP contribution < -0.4 is 4.74 Å². The highest BCUT2D eigenvalue weighted by atomic mass is 79.9. The molecule has 0 aliphatic heterocycles. The molecule has 0 amide bonds. The molecular formula is C6H6BrNO3S. The molecule has 0 aliphatic rings. The van der Waals surface area contributed by atoms with Crippen molar-refractivity contribution in [1.82, 2.24) is 0 Å². The molecule has 66 valence electrons. The van der Waals surface area contributed by atoms with Gasteiger partial charge in [-0.3, -0.25) is 10.1 Å². The Bertz CT molecular complexity index is 276. The van der Waals surface area contributed by atoms with Gasteiger partial charge in [-0.05, 0) is 0 Å². The number of thiophene rings is 1. The average Bonchev–Trinajstić information content (AvgIpc) is 2.48. The molecule has 0 radical (unpaired) electrons. The normalized spacial score (nSPS) is 9.75. The molecule has 0 spiro atoms. The van der Waals surface area contributed by atoms with E-state index in [2.05, 4.69) is 15.9 Å². The van der Waals surface area contributed by atoms with E-state index in [-0.39, 0.29) is 5.69 Å². The van der Waals surface area contributed by atoms with Gasteiger partial charge in [0.2, 0.25) is 0 Å². The van der Waals surface area contributed by atoms with Crippen LogP contribution in [0.15, 0.2) is 11.4 Å². The second-order valence-electron chi connectivity index (χ2n) is 1.92. The van der Waals surface area contributed by atoms with Crippen molar-refractivity contribution in [2.45, 2.75) is 0 Å². The van der Waals surface area contributed by atoms with E-state index in [9.17, 15) is 10.1 Å². The molecule has 1 aromatic heterocycles. The van der Waals surface area contributed by atoms with Crippen LogP contribution in [0.3, 0.4) is 0 Å². The lowest BCUT2D eigenvalue weighted by Gasteiger charge is -1.96. The summed E-state index contributed by atoms with van der Waals surface area (Å²) in [5.41, 5.74) is 0.0876. The maximum atomic E-state index is 10.2. The Morgan fingerprint density at radius 3 is 3.00 bits per heavy atom. The first kappa shape index (κ1) is 9.47. The summed E-state index contributed by atoms with van der Waals surface area (Å²) in [4.78, 5) is 9.80. The average molecular weight is 252 g/mol. The van der Waals surface area contributed by atoms with Gasteiger partial charge >= 0.3 is 0 Å². The van der Waals surface area contributed by atoms with E-state index < -0.39 is 4.92 Å². The molecule has 6 heteroatoms. The largest absolute Gasteiger partial charge is 0.483 e. The highest BCUT2D eigenvalue weighted by Gasteiger charge is 2.09. The Balaban J connectivity index is 2.58. The molecule has 0 saturated heterocycles. The predicted molar refractivity (Wildman–Crippen MR) is 50.3 cm³/mol. The minimum absolute atomic E-state index is 0.0876. The summed E-state index contributed by atoms with van der Waals surface area (Å²) >= 11 is 4.42. The van der Waals surface area contributed by atoms with Gasteiger partial charge in [0, 0.05) is 5.33 Å². The number of nitro groups is 1. The molecule has 12 heavy (non-hydrogen) atoms. The van der Waals surface area contributed by atoms with Gasteiger partial charge in [-0.1, -0.05) is 15.9 Å². The van der Waals surface area contributed by atoms with E-state index in [1.165, 1.54) is 22.8 Å². The van der Waals surface area contributed by atoms with E-state index in [0.29, 0.717) is 11.7 Å². The molecule has 1 rings (SSSR count). The number of nitrogens with zero attached hydrogens (tertiary/aromatic N) is 1. The van der Waals surface area contributed by atoms with Gasteiger partial charge in [-0.15, -0.1) is 11.3 Å². The number of hydrogen-bond acceptors (Lipinski definition) is 4. The van der Waals surface area contributed by atoms with Gasteiger partial charge in [0.1, 0.15) is 0 Å². The molecule has 1 heterocycles. The Kier molecular flexibility index (Phi) is 3.48. The lowest BCUT2D eigenvalue weighted by atomic mass is 10.5. The Labute approximate surface area is 81.4 Å². The molecule has 0 atom stereocenters. The van der Waals surface area contributed by atoms with Crippen molar-refractivity contribution in [3.63, 3.8) is 0 Å². The third-order valence-electron chi connectivity index (χ3n) is 1.09. The zero-order chi connectivity index (χ0) is 8.97. The smallest absolute Gasteiger partial charge is 0.283 e. The van der Waals surface area contributed by atoms with Crippen LogP contribution in [0.2, 0.25) is 0 Å². The molecule has 0 unspecified atom stereocenters. The Hall–Kier alpha value is -0.620. The first-order valence-corrected chi connectivity index (χ1v) is 5.16. The van der Waals surface area contributed by atoms with Crippen LogP contribution in [-0.4, -0.2) is 16.9 Å². The highest BCUT2D eigenvalue weighted by molar-refractivity contribution is 9.09. The number of ether oxygens (including phenoxy) is 1. The van der Waals surface area contributed by atoms with Gasteiger partial charge in [0.05, 0.1) is 23.0 Å². The molecule has 0 aromatic carbocycles. The van der Waals surface area contributed by atoms with Gasteiger partial charge in [0.15, 0.2) is 5.06 Å². The molecule has 0 fully saturated rings. The summed E-state index contributed by atoms with van der Waals surface area (Å²) < 4.78 is 5.15. The van der Waals surface area contributed by atoms with Crippen LogP contribution in [0.4, 0.5) is 5.69 Å². The number of halogens is 1. The van der Waals surface area contributed by atoms with Crippen molar-refractivity contribution in [2.24, 2.45) is 0 Å². The third kappa shape index (κ3) is 2.46. The first-order valence-electron chi connectivity index (χ1n) is 3.15. The van der Waals surface area contributed by atoms with Crippen LogP contribution >= 0.6 is 27.3 Å². The topological polar surface area (TPSA) is 52.4 Å². The molecular weight excluding hydrogens is 246 g/mol. The lowest BCUT2D eigenvalue weighted by molar-refractivity contribution is -0.384. The van der Waals surface area contributed by atoms with Gasteiger partial charge < -0.3 is 4.74 Å². The molecule has 0 bridgehead atoms. The quantitative estimate of drug-likeness (QED) is 0.469. The van der Waals surface area contributed by atoms with Crippen LogP contribution in [0.1, 0.15) is 0 Å². The second kappa shape index (κ2) is 4.42. The fraction of sp³-hybridized carbons (Fsp3) is 0.333. The third-order valence-corrected chi connectivity index (χ3v) is 2.24. The Morgan fingerprint density at radius 2 is 2.50 bits per heavy atom. The van der Waals surface area contributed by atoms with Crippen LogP contribution in [0.25, 0.3) is 0 Å². The second-order valence-corrected chi connectivity index (χ2v) is 3.59. The summed E-state index contributed by atoms with van der Waals surface area (Å²) in [5, 5.41) is 13.0. The van der Waals surface area contributed by atoms with Crippen LogP contribution in [0, 0.1) is 10.1 Å². The van der Waals surface area contributed by atoms with E-state index >= 15 is 0 Å². The molecule has 0 N–H and O–H groups in total.